The number of benzene rings is 2. The Balaban J connectivity index is 1.61. The topological polar surface area (TPSA) is 66.4 Å². The van der Waals surface area contributed by atoms with Crippen molar-refractivity contribution in [1.82, 2.24) is 4.72 Å². The second-order valence-electron chi connectivity index (χ2n) is 6.02. The minimum Gasteiger partial charge on any atom is -0.387 e. The summed E-state index contributed by atoms with van der Waals surface area (Å²) in [6.07, 6.45) is 2.19. The zero-order chi connectivity index (χ0) is 15.6. The summed E-state index contributed by atoms with van der Waals surface area (Å²) >= 11 is 0. The lowest BCUT2D eigenvalue weighted by atomic mass is 10.0. The van der Waals surface area contributed by atoms with E-state index < -0.39 is 16.1 Å². The summed E-state index contributed by atoms with van der Waals surface area (Å²) in [5, 5.41) is 12.3. The standard InChI is InChI=1S/C17H21NO3S/c19-17(12-18-22(20,21)10-9-13-5-6-13)16-8-7-14-3-1-2-4-15(14)11-16/h1-4,7-8,11,13,17-19H,5-6,9-10,12H2. The highest BCUT2D eigenvalue weighted by Gasteiger charge is 2.24. The first kappa shape index (κ1) is 15.5. The molecule has 1 saturated carbocycles. The Morgan fingerprint density at radius 3 is 2.59 bits per heavy atom. The molecule has 0 amide bonds. The van der Waals surface area contributed by atoms with Gasteiger partial charge in [0.15, 0.2) is 0 Å². The largest absolute Gasteiger partial charge is 0.387 e. The number of nitrogens with one attached hydrogen (secondary N) is 1. The molecule has 0 heterocycles. The molecule has 3 rings (SSSR count). The van der Waals surface area contributed by atoms with Gasteiger partial charge < -0.3 is 5.11 Å². The number of hydrogen-bond donors (Lipinski definition) is 2. The molecule has 4 nitrogen and oxygen atoms in total. The van der Waals surface area contributed by atoms with Gasteiger partial charge in [-0.15, -0.1) is 0 Å². The van der Waals surface area contributed by atoms with Crippen LogP contribution in [-0.4, -0.2) is 25.8 Å². The molecule has 0 spiro atoms. The van der Waals surface area contributed by atoms with Gasteiger partial charge in [-0.3, -0.25) is 0 Å². The molecule has 0 bridgehead atoms. The molecular weight excluding hydrogens is 298 g/mol. The van der Waals surface area contributed by atoms with Gasteiger partial charge in [0.05, 0.1) is 11.9 Å². The molecule has 5 heteroatoms. The van der Waals surface area contributed by atoms with E-state index in [1.807, 2.05) is 42.5 Å². The van der Waals surface area contributed by atoms with Crippen LogP contribution in [-0.2, 0) is 10.0 Å². The maximum Gasteiger partial charge on any atom is 0.211 e. The van der Waals surface area contributed by atoms with Crippen molar-refractivity contribution < 1.29 is 13.5 Å². The van der Waals surface area contributed by atoms with Gasteiger partial charge in [-0.25, -0.2) is 13.1 Å². The minimum absolute atomic E-state index is 0.0192. The fraction of sp³-hybridized carbons (Fsp3) is 0.412. The lowest BCUT2D eigenvalue weighted by Gasteiger charge is -2.13. The van der Waals surface area contributed by atoms with Crippen LogP contribution in [0.4, 0.5) is 0 Å². The highest BCUT2D eigenvalue weighted by atomic mass is 32.2. The van der Waals surface area contributed by atoms with E-state index in [2.05, 4.69) is 4.72 Å². The van der Waals surface area contributed by atoms with Crippen molar-refractivity contribution in [1.29, 1.82) is 0 Å². The molecule has 0 aromatic heterocycles. The summed E-state index contributed by atoms with van der Waals surface area (Å²) in [5.41, 5.74) is 0.726. The number of aliphatic hydroxyl groups is 1. The van der Waals surface area contributed by atoms with Crippen LogP contribution in [0.3, 0.4) is 0 Å². The molecule has 2 aromatic carbocycles. The van der Waals surface area contributed by atoms with Crippen molar-refractivity contribution >= 4 is 20.8 Å². The molecule has 0 radical (unpaired) electrons. The number of fused-ring (bicyclic) bond motifs is 1. The number of sulfonamides is 1. The lowest BCUT2D eigenvalue weighted by Crippen LogP contribution is -2.30. The Labute approximate surface area is 131 Å². The van der Waals surface area contributed by atoms with Crippen LogP contribution in [0.5, 0.6) is 0 Å². The monoisotopic (exact) mass is 319 g/mol. The molecule has 1 fully saturated rings. The van der Waals surface area contributed by atoms with E-state index in [1.165, 1.54) is 0 Å². The maximum absolute atomic E-state index is 11.9. The first-order valence-electron chi connectivity index (χ1n) is 7.67. The fourth-order valence-corrected chi connectivity index (χ4v) is 3.74. The summed E-state index contributed by atoms with van der Waals surface area (Å²) in [6.45, 7) is 0.0192. The minimum atomic E-state index is -3.29. The van der Waals surface area contributed by atoms with E-state index in [0.29, 0.717) is 5.92 Å². The predicted molar refractivity (Wildman–Crippen MR) is 88.0 cm³/mol. The van der Waals surface area contributed by atoms with Crippen molar-refractivity contribution in [3.8, 4) is 0 Å². The van der Waals surface area contributed by atoms with E-state index in [4.69, 9.17) is 0 Å². The number of rotatable bonds is 7. The first-order valence-corrected chi connectivity index (χ1v) is 9.33. The third-order valence-corrected chi connectivity index (χ3v) is 5.53. The van der Waals surface area contributed by atoms with Crippen LogP contribution >= 0.6 is 0 Å². The second-order valence-corrected chi connectivity index (χ2v) is 7.95. The first-order chi connectivity index (χ1) is 10.5. The van der Waals surface area contributed by atoms with E-state index in [9.17, 15) is 13.5 Å². The molecule has 2 N–H and O–H groups in total. The van der Waals surface area contributed by atoms with Gasteiger partial charge in [0.2, 0.25) is 10.0 Å². The quantitative estimate of drug-likeness (QED) is 0.824. The normalized spacial score (nSPS) is 16.8. The molecule has 0 saturated heterocycles. The van der Waals surface area contributed by atoms with Crippen LogP contribution in [0, 0.1) is 5.92 Å². The lowest BCUT2D eigenvalue weighted by molar-refractivity contribution is 0.182. The molecule has 1 unspecified atom stereocenters. The third kappa shape index (κ3) is 4.06. The van der Waals surface area contributed by atoms with Crippen molar-refractivity contribution in [2.75, 3.05) is 12.3 Å². The molecular formula is C17H21NO3S. The summed E-state index contributed by atoms with van der Waals surface area (Å²) in [5.74, 6) is 0.740. The van der Waals surface area contributed by atoms with Gasteiger partial charge in [-0.1, -0.05) is 49.2 Å². The SMILES string of the molecule is O=S(=O)(CCC1CC1)NCC(O)c1ccc2ccccc2c1. The van der Waals surface area contributed by atoms with Crippen molar-refractivity contribution in [3.05, 3.63) is 48.0 Å². The molecule has 118 valence electrons. The highest BCUT2D eigenvalue weighted by Crippen LogP contribution is 2.32. The van der Waals surface area contributed by atoms with Crippen molar-refractivity contribution in [2.45, 2.75) is 25.4 Å². The van der Waals surface area contributed by atoms with Crippen LogP contribution in [0.2, 0.25) is 0 Å². The highest BCUT2D eigenvalue weighted by molar-refractivity contribution is 7.89. The third-order valence-electron chi connectivity index (χ3n) is 4.15. The zero-order valence-corrected chi connectivity index (χ0v) is 13.2. The van der Waals surface area contributed by atoms with Gasteiger partial charge in [0, 0.05) is 6.54 Å². The zero-order valence-electron chi connectivity index (χ0n) is 12.4. The average molecular weight is 319 g/mol. The van der Waals surface area contributed by atoms with Crippen LogP contribution in [0.15, 0.2) is 42.5 Å². The Hall–Kier alpha value is -1.43. The van der Waals surface area contributed by atoms with Gasteiger partial charge in [-0.2, -0.15) is 0 Å². The average Bonchev–Trinajstić information content (AvgIpc) is 3.35. The van der Waals surface area contributed by atoms with Crippen molar-refractivity contribution in [2.24, 2.45) is 5.92 Å². The van der Waals surface area contributed by atoms with Crippen LogP contribution < -0.4 is 4.72 Å². The van der Waals surface area contributed by atoms with E-state index in [0.717, 1.165) is 35.6 Å². The van der Waals surface area contributed by atoms with E-state index in [-0.39, 0.29) is 12.3 Å². The summed E-state index contributed by atoms with van der Waals surface area (Å²) in [4.78, 5) is 0. The van der Waals surface area contributed by atoms with Gasteiger partial charge in [-0.05, 0) is 34.7 Å². The Morgan fingerprint density at radius 1 is 1.14 bits per heavy atom. The fourth-order valence-electron chi connectivity index (χ4n) is 2.54. The summed E-state index contributed by atoms with van der Waals surface area (Å²) in [6, 6.07) is 13.6. The summed E-state index contributed by atoms with van der Waals surface area (Å²) < 4.78 is 26.3. The van der Waals surface area contributed by atoms with Gasteiger partial charge in [0.25, 0.3) is 0 Å². The number of aliphatic hydroxyl groups excluding tert-OH is 1. The van der Waals surface area contributed by atoms with Crippen LogP contribution in [0.1, 0.15) is 30.9 Å². The summed E-state index contributed by atoms with van der Waals surface area (Å²) in [7, 11) is -3.29. The Kier molecular flexibility index (Phi) is 4.47. The molecule has 1 aliphatic rings. The van der Waals surface area contributed by atoms with Gasteiger partial charge >= 0.3 is 0 Å². The predicted octanol–water partition coefficient (Wildman–Crippen LogP) is 2.59. The maximum atomic E-state index is 11.9. The molecule has 0 aliphatic heterocycles. The molecule has 22 heavy (non-hydrogen) atoms. The Bertz CT molecular complexity index is 753. The second kappa shape index (κ2) is 6.36. The van der Waals surface area contributed by atoms with Gasteiger partial charge in [0.1, 0.15) is 0 Å². The molecule has 1 aliphatic carbocycles. The van der Waals surface area contributed by atoms with E-state index >= 15 is 0 Å². The number of hydrogen-bond acceptors (Lipinski definition) is 3. The smallest absolute Gasteiger partial charge is 0.211 e. The Morgan fingerprint density at radius 2 is 1.86 bits per heavy atom. The molecule has 2 aromatic rings. The molecule has 1 atom stereocenters. The van der Waals surface area contributed by atoms with Crippen LogP contribution in [0.25, 0.3) is 10.8 Å². The van der Waals surface area contributed by atoms with E-state index in [1.54, 1.807) is 0 Å². The van der Waals surface area contributed by atoms with Crippen molar-refractivity contribution in [3.63, 3.8) is 0 Å².